The first-order valence-electron chi connectivity index (χ1n) is 5.36. The number of nitrogens with two attached hydrogens (primary N) is 1. The molecule has 0 spiro atoms. The molecule has 1 nitrogen and oxygen atoms in total. The Labute approximate surface area is 109 Å². The van der Waals surface area contributed by atoms with Crippen LogP contribution in [0.5, 0.6) is 0 Å². The largest absolute Gasteiger partial charge is 0.320 e. The van der Waals surface area contributed by atoms with Crippen molar-refractivity contribution in [2.75, 3.05) is 0 Å². The molecule has 2 aromatic carbocycles. The Morgan fingerprint density at radius 3 is 2.41 bits per heavy atom. The zero-order chi connectivity index (χ0) is 12.4. The van der Waals surface area contributed by atoms with Gasteiger partial charge in [-0.1, -0.05) is 36.4 Å². The van der Waals surface area contributed by atoms with Gasteiger partial charge in [-0.05, 0) is 40.0 Å². The molecule has 1 unspecified atom stereocenters. The minimum Gasteiger partial charge on any atom is -0.320 e. The number of hydrogen-bond acceptors (Lipinski definition) is 1. The summed E-state index contributed by atoms with van der Waals surface area (Å²) in [5.41, 5.74) is 8.65. The van der Waals surface area contributed by atoms with Crippen molar-refractivity contribution in [3.05, 3.63) is 69.4 Å². The van der Waals surface area contributed by atoms with Crippen molar-refractivity contribution in [3.8, 4) is 0 Å². The molecule has 88 valence electrons. The highest BCUT2D eigenvalue weighted by atomic mass is 79.9. The Bertz CT molecular complexity index is 539. The smallest absolute Gasteiger partial charge is 0.142 e. The fourth-order valence-corrected chi connectivity index (χ4v) is 2.25. The van der Waals surface area contributed by atoms with Crippen LogP contribution >= 0.6 is 15.9 Å². The second-order valence-corrected chi connectivity index (χ2v) is 4.83. The third-order valence-corrected chi connectivity index (χ3v) is 3.45. The van der Waals surface area contributed by atoms with E-state index in [1.807, 2.05) is 31.2 Å². The number of hydrogen-bond donors (Lipinski definition) is 1. The van der Waals surface area contributed by atoms with Gasteiger partial charge in [0.1, 0.15) is 5.82 Å². The van der Waals surface area contributed by atoms with Crippen molar-refractivity contribution in [2.24, 2.45) is 5.73 Å². The van der Waals surface area contributed by atoms with E-state index in [4.69, 9.17) is 5.73 Å². The number of rotatable bonds is 2. The summed E-state index contributed by atoms with van der Waals surface area (Å²) in [6.07, 6.45) is 0. The number of halogens is 2. The Hall–Kier alpha value is -1.19. The van der Waals surface area contributed by atoms with E-state index in [-0.39, 0.29) is 5.82 Å². The SMILES string of the molecule is Cc1ccccc1C(N)c1cccc(Br)c1F. The maximum Gasteiger partial charge on any atom is 0.142 e. The molecule has 0 aliphatic heterocycles. The quantitative estimate of drug-likeness (QED) is 0.892. The fraction of sp³-hybridized carbons (Fsp3) is 0.143. The van der Waals surface area contributed by atoms with Crippen LogP contribution in [0.25, 0.3) is 0 Å². The van der Waals surface area contributed by atoms with Crippen LogP contribution in [-0.2, 0) is 0 Å². The summed E-state index contributed by atoms with van der Waals surface area (Å²) in [4.78, 5) is 0. The van der Waals surface area contributed by atoms with Gasteiger partial charge in [0.2, 0.25) is 0 Å². The van der Waals surface area contributed by atoms with Crippen molar-refractivity contribution in [2.45, 2.75) is 13.0 Å². The number of benzene rings is 2. The van der Waals surface area contributed by atoms with E-state index in [1.165, 1.54) is 0 Å². The lowest BCUT2D eigenvalue weighted by atomic mass is 9.95. The van der Waals surface area contributed by atoms with Crippen LogP contribution in [-0.4, -0.2) is 0 Å². The predicted molar refractivity (Wildman–Crippen MR) is 71.3 cm³/mol. The topological polar surface area (TPSA) is 26.0 Å². The molecule has 0 radical (unpaired) electrons. The zero-order valence-corrected chi connectivity index (χ0v) is 11.0. The lowest BCUT2D eigenvalue weighted by molar-refractivity contribution is 0.593. The Balaban J connectivity index is 2.48. The molecule has 0 fully saturated rings. The van der Waals surface area contributed by atoms with E-state index in [2.05, 4.69) is 15.9 Å². The molecule has 2 aromatic rings. The van der Waals surface area contributed by atoms with Crippen LogP contribution < -0.4 is 5.73 Å². The number of aryl methyl sites for hydroxylation is 1. The third-order valence-electron chi connectivity index (χ3n) is 2.84. The van der Waals surface area contributed by atoms with Crippen LogP contribution in [0.4, 0.5) is 4.39 Å². The van der Waals surface area contributed by atoms with Crippen molar-refractivity contribution in [1.82, 2.24) is 0 Å². The summed E-state index contributed by atoms with van der Waals surface area (Å²) in [5, 5.41) is 0. The molecule has 0 aromatic heterocycles. The van der Waals surface area contributed by atoms with Gasteiger partial charge >= 0.3 is 0 Å². The normalized spacial score (nSPS) is 12.5. The molecule has 3 heteroatoms. The molecule has 0 bridgehead atoms. The second kappa shape index (κ2) is 4.98. The maximum atomic E-state index is 13.9. The van der Waals surface area contributed by atoms with Crippen molar-refractivity contribution >= 4 is 15.9 Å². The van der Waals surface area contributed by atoms with Gasteiger partial charge in [0.15, 0.2) is 0 Å². The van der Waals surface area contributed by atoms with Gasteiger partial charge in [-0.3, -0.25) is 0 Å². The van der Waals surface area contributed by atoms with E-state index < -0.39 is 6.04 Å². The van der Waals surface area contributed by atoms with Gasteiger partial charge in [-0.15, -0.1) is 0 Å². The Morgan fingerprint density at radius 1 is 1.06 bits per heavy atom. The molecule has 0 saturated carbocycles. The molecule has 2 N–H and O–H groups in total. The van der Waals surface area contributed by atoms with E-state index in [1.54, 1.807) is 18.2 Å². The summed E-state index contributed by atoms with van der Waals surface area (Å²) in [6.45, 7) is 1.98. The second-order valence-electron chi connectivity index (χ2n) is 3.98. The molecule has 0 heterocycles. The molecular weight excluding hydrogens is 281 g/mol. The molecule has 2 rings (SSSR count). The van der Waals surface area contributed by atoms with E-state index >= 15 is 0 Å². The molecule has 0 aliphatic carbocycles. The van der Waals surface area contributed by atoms with Gasteiger partial charge in [0.25, 0.3) is 0 Å². The average Bonchev–Trinajstić information content (AvgIpc) is 2.32. The van der Waals surface area contributed by atoms with Crippen LogP contribution in [0.2, 0.25) is 0 Å². The van der Waals surface area contributed by atoms with Gasteiger partial charge in [-0.2, -0.15) is 0 Å². The minimum absolute atomic E-state index is 0.289. The third kappa shape index (κ3) is 2.40. The molecule has 1 atom stereocenters. The first kappa shape index (κ1) is 12.3. The zero-order valence-electron chi connectivity index (χ0n) is 9.45. The van der Waals surface area contributed by atoms with Gasteiger partial charge in [-0.25, -0.2) is 4.39 Å². The van der Waals surface area contributed by atoms with Crippen molar-refractivity contribution in [1.29, 1.82) is 0 Å². The Morgan fingerprint density at radius 2 is 1.71 bits per heavy atom. The minimum atomic E-state index is -0.436. The summed E-state index contributed by atoms with van der Waals surface area (Å²) >= 11 is 3.17. The predicted octanol–water partition coefficient (Wildman–Crippen LogP) is 3.94. The molecule has 0 saturated heterocycles. The van der Waals surface area contributed by atoms with Crippen LogP contribution in [0.15, 0.2) is 46.9 Å². The van der Waals surface area contributed by atoms with Gasteiger partial charge < -0.3 is 5.73 Å². The summed E-state index contributed by atoms with van der Waals surface area (Å²) < 4.78 is 14.4. The van der Waals surface area contributed by atoms with E-state index in [0.29, 0.717) is 10.0 Å². The monoisotopic (exact) mass is 293 g/mol. The lowest BCUT2D eigenvalue weighted by Crippen LogP contribution is -2.15. The summed E-state index contributed by atoms with van der Waals surface area (Å²) in [6, 6.07) is 12.5. The summed E-state index contributed by atoms with van der Waals surface area (Å²) in [5.74, 6) is -0.289. The van der Waals surface area contributed by atoms with E-state index in [9.17, 15) is 4.39 Å². The highest BCUT2D eigenvalue weighted by molar-refractivity contribution is 9.10. The maximum absolute atomic E-state index is 13.9. The van der Waals surface area contributed by atoms with Crippen molar-refractivity contribution in [3.63, 3.8) is 0 Å². The molecule has 0 aliphatic rings. The highest BCUT2D eigenvalue weighted by Crippen LogP contribution is 2.28. The first-order chi connectivity index (χ1) is 8.11. The highest BCUT2D eigenvalue weighted by Gasteiger charge is 2.16. The molecular formula is C14H13BrFN. The Kier molecular flexibility index (Phi) is 3.60. The van der Waals surface area contributed by atoms with Crippen LogP contribution in [0.1, 0.15) is 22.7 Å². The standard InChI is InChI=1S/C14H13BrFN/c1-9-5-2-3-6-10(9)14(17)11-7-4-8-12(15)13(11)16/h2-8,14H,17H2,1H3. The van der Waals surface area contributed by atoms with E-state index in [0.717, 1.165) is 11.1 Å². The fourth-order valence-electron chi connectivity index (χ4n) is 1.86. The molecule has 0 amide bonds. The lowest BCUT2D eigenvalue weighted by Gasteiger charge is -2.16. The van der Waals surface area contributed by atoms with Crippen LogP contribution in [0.3, 0.4) is 0 Å². The van der Waals surface area contributed by atoms with Gasteiger partial charge in [0, 0.05) is 5.56 Å². The molecule has 17 heavy (non-hydrogen) atoms. The summed E-state index contributed by atoms with van der Waals surface area (Å²) in [7, 11) is 0. The van der Waals surface area contributed by atoms with Gasteiger partial charge in [0.05, 0.1) is 10.5 Å². The van der Waals surface area contributed by atoms with Crippen LogP contribution in [0, 0.1) is 12.7 Å². The first-order valence-corrected chi connectivity index (χ1v) is 6.15. The average molecular weight is 294 g/mol. The van der Waals surface area contributed by atoms with Crippen molar-refractivity contribution < 1.29 is 4.39 Å².